The van der Waals surface area contributed by atoms with E-state index in [1.54, 1.807) is 7.11 Å². The van der Waals surface area contributed by atoms with Crippen LogP contribution in [0.2, 0.25) is 0 Å². The summed E-state index contributed by atoms with van der Waals surface area (Å²) in [5, 5.41) is 0. The van der Waals surface area contributed by atoms with Crippen LogP contribution >= 0.6 is 0 Å². The molecule has 2 rings (SSSR count). The molecule has 0 amide bonds. The number of likely N-dealkylation sites (N-methyl/N-ethyl adjacent to an activating group) is 1. The molecule has 4 heteroatoms. The third-order valence-electron chi connectivity index (χ3n) is 3.12. The van der Waals surface area contributed by atoms with Gasteiger partial charge in [0.1, 0.15) is 5.75 Å². The van der Waals surface area contributed by atoms with Crippen molar-refractivity contribution in [2.45, 2.75) is 6.92 Å². The Kier molecular flexibility index (Phi) is 3.67. The van der Waals surface area contributed by atoms with Crippen LogP contribution in [0.1, 0.15) is 17.3 Å². The number of carbonyl (C=O) groups is 1. The highest BCUT2D eigenvalue weighted by Crippen LogP contribution is 2.19. The van der Waals surface area contributed by atoms with Gasteiger partial charge >= 0.3 is 0 Å². The number of aromatic nitrogens is 1. The largest absolute Gasteiger partial charge is 0.497 e. The summed E-state index contributed by atoms with van der Waals surface area (Å²) in [6.45, 7) is 3.34. The van der Waals surface area contributed by atoms with Crippen LogP contribution in [-0.2, 0) is 0 Å². The summed E-state index contributed by atoms with van der Waals surface area (Å²) in [4.78, 5) is 14.2. The van der Waals surface area contributed by atoms with Crippen molar-refractivity contribution in [3.8, 4) is 5.75 Å². The van der Waals surface area contributed by atoms with Crippen molar-refractivity contribution < 1.29 is 9.53 Å². The van der Waals surface area contributed by atoms with Crippen molar-refractivity contribution in [2.75, 3.05) is 27.2 Å². The topological polar surface area (TPSA) is 34.0 Å². The molecule has 4 nitrogen and oxygen atoms in total. The second kappa shape index (κ2) is 5.23. The van der Waals surface area contributed by atoms with Gasteiger partial charge in [-0.1, -0.05) is 6.92 Å². The van der Waals surface area contributed by atoms with Gasteiger partial charge in [0.25, 0.3) is 0 Å². The lowest BCUT2D eigenvalue weighted by molar-refractivity contribution is 0.0950. The first-order valence-electron chi connectivity index (χ1n) is 6.02. The maximum Gasteiger partial charge on any atom is 0.178 e. The van der Waals surface area contributed by atoms with Gasteiger partial charge in [-0.15, -0.1) is 0 Å². The number of nitrogens with zero attached hydrogens (tertiary/aromatic N) is 2. The SMILES string of the molecule is CCN(C)CC(=O)c1ccn2ccc(OC)cc12. The number of hydrogen-bond acceptors (Lipinski definition) is 3. The molecule has 0 atom stereocenters. The van der Waals surface area contributed by atoms with Crippen molar-refractivity contribution in [3.63, 3.8) is 0 Å². The molecular formula is C14H18N2O2. The predicted molar refractivity (Wildman–Crippen MR) is 71.5 cm³/mol. The Morgan fingerprint density at radius 3 is 2.78 bits per heavy atom. The number of pyridine rings is 1. The maximum absolute atomic E-state index is 12.2. The van der Waals surface area contributed by atoms with Gasteiger partial charge in [-0.05, 0) is 25.7 Å². The van der Waals surface area contributed by atoms with Gasteiger partial charge in [-0.25, -0.2) is 0 Å². The molecule has 0 N–H and O–H groups in total. The minimum Gasteiger partial charge on any atom is -0.497 e. The summed E-state index contributed by atoms with van der Waals surface area (Å²) in [5.41, 5.74) is 1.64. The molecule has 96 valence electrons. The molecule has 18 heavy (non-hydrogen) atoms. The maximum atomic E-state index is 12.2. The molecule has 0 fully saturated rings. The number of Topliss-reactive ketones (excluding diaryl/α,β-unsaturated/α-hetero) is 1. The minimum absolute atomic E-state index is 0.134. The van der Waals surface area contributed by atoms with Crippen LogP contribution in [0.5, 0.6) is 5.75 Å². The molecule has 0 spiro atoms. The van der Waals surface area contributed by atoms with Gasteiger partial charge in [0, 0.05) is 24.0 Å². The minimum atomic E-state index is 0.134. The molecule has 0 saturated carbocycles. The molecular weight excluding hydrogens is 228 g/mol. The molecule has 0 aliphatic rings. The van der Waals surface area contributed by atoms with Gasteiger partial charge in [0.15, 0.2) is 5.78 Å². The van der Waals surface area contributed by atoms with Gasteiger partial charge < -0.3 is 9.14 Å². The van der Waals surface area contributed by atoms with E-state index in [0.717, 1.165) is 23.4 Å². The first-order valence-corrected chi connectivity index (χ1v) is 6.02. The number of carbonyl (C=O) groups excluding carboxylic acids is 1. The van der Waals surface area contributed by atoms with Gasteiger partial charge in [0.05, 0.1) is 19.2 Å². The van der Waals surface area contributed by atoms with Crippen LogP contribution in [-0.4, -0.2) is 42.3 Å². The molecule has 2 aromatic heterocycles. The Labute approximate surface area is 107 Å². The summed E-state index contributed by atoms with van der Waals surface area (Å²) in [5.74, 6) is 0.897. The summed E-state index contributed by atoms with van der Waals surface area (Å²) in [7, 11) is 3.57. The molecule has 0 radical (unpaired) electrons. The first kappa shape index (κ1) is 12.6. The van der Waals surface area contributed by atoms with Gasteiger partial charge in [-0.2, -0.15) is 0 Å². The normalized spacial score (nSPS) is 11.1. The fourth-order valence-electron chi connectivity index (χ4n) is 1.88. The molecule has 2 aromatic rings. The molecule has 0 aliphatic heterocycles. The van der Waals surface area contributed by atoms with Crippen LogP contribution in [0.4, 0.5) is 0 Å². The zero-order valence-corrected chi connectivity index (χ0v) is 11.0. The van der Waals surface area contributed by atoms with Crippen LogP contribution in [0.3, 0.4) is 0 Å². The molecule has 2 heterocycles. The highest BCUT2D eigenvalue weighted by Gasteiger charge is 2.13. The van der Waals surface area contributed by atoms with E-state index in [2.05, 4.69) is 0 Å². The van der Waals surface area contributed by atoms with E-state index >= 15 is 0 Å². The number of fused-ring (bicyclic) bond motifs is 1. The summed E-state index contributed by atoms with van der Waals surface area (Å²) < 4.78 is 7.13. The van der Waals surface area contributed by atoms with Crippen LogP contribution < -0.4 is 4.74 Å². The van der Waals surface area contributed by atoms with E-state index in [4.69, 9.17) is 4.74 Å². The Balaban J connectivity index is 2.35. The smallest absolute Gasteiger partial charge is 0.178 e. The molecule has 0 aliphatic carbocycles. The number of rotatable bonds is 5. The van der Waals surface area contributed by atoms with Crippen molar-refractivity contribution in [2.24, 2.45) is 0 Å². The quantitative estimate of drug-likeness (QED) is 0.757. The second-order valence-corrected chi connectivity index (χ2v) is 4.34. The van der Waals surface area contributed by atoms with E-state index in [1.165, 1.54) is 0 Å². The van der Waals surface area contributed by atoms with Crippen molar-refractivity contribution in [1.29, 1.82) is 0 Å². The predicted octanol–water partition coefficient (Wildman–Crippen LogP) is 2.08. The highest BCUT2D eigenvalue weighted by molar-refractivity contribution is 6.04. The Hall–Kier alpha value is -1.81. The third kappa shape index (κ3) is 2.38. The van der Waals surface area contributed by atoms with Gasteiger partial charge in [0.2, 0.25) is 0 Å². The van der Waals surface area contributed by atoms with Crippen LogP contribution in [0, 0.1) is 0 Å². The molecule has 0 unspecified atom stereocenters. The van der Waals surface area contributed by atoms with Crippen LogP contribution in [0.25, 0.3) is 5.52 Å². The van der Waals surface area contributed by atoms with Crippen LogP contribution in [0.15, 0.2) is 30.6 Å². The zero-order valence-electron chi connectivity index (χ0n) is 11.0. The Bertz CT molecular complexity index is 560. The lowest BCUT2D eigenvalue weighted by atomic mass is 10.1. The third-order valence-corrected chi connectivity index (χ3v) is 3.12. The molecule has 0 bridgehead atoms. The lowest BCUT2D eigenvalue weighted by Gasteiger charge is -2.12. The van der Waals surface area contributed by atoms with Crippen molar-refractivity contribution in [1.82, 2.24) is 9.30 Å². The standard InChI is InChI=1S/C14H18N2O2/c1-4-15(2)10-14(17)12-6-8-16-7-5-11(18-3)9-13(12)16/h5-9H,4,10H2,1-3H3. The van der Waals surface area contributed by atoms with E-state index in [1.807, 2.05) is 53.9 Å². The van der Waals surface area contributed by atoms with E-state index < -0.39 is 0 Å². The van der Waals surface area contributed by atoms with E-state index in [0.29, 0.717) is 6.54 Å². The summed E-state index contributed by atoms with van der Waals surface area (Å²) in [6.07, 6.45) is 3.79. The lowest BCUT2D eigenvalue weighted by Crippen LogP contribution is -2.25. The highest BCUT2D eigenvalue weighted by atomic mass is 16.5. The number of hydrogen-bond donors (Lipinski definition) is 0. The Morgan fingerprint density at radius 2 is 2.11 bits per heavy atom. The average Bonchev–Trinajstić information content (AvgIpc) is 2.81. The van der Waals surface area contributed by atoms with E-state index in [9.17, 15) is 4.79 Å². The van der Waals surface area contributed by atoms with Crippen molar-refractivity contribution >= 4 is 11.3 Å². The zero-order chi connectivity index (χ0) is 13.1. The van der Waals surface area contributed by atoms with E-state index in [-0.39, 0.29) is 5.78 Å². The Morgan fingerprint density at radius 1 is 1.39 bits per heavy atom. The average molecular weight is 246 g/mol. The first-order chi connectivity index (χ1) is 8.65. The summed E-state index contributed by atoms with van der Waals surface area (Å²) >= 11 is 0. The number of ether oxygens (including phenoxy) is 1. The number of ketones is 1. The number of methoxy groups -OCH3 is 1. The fourth-order valence-corrected chi connectivity index (χ4v) is 1.88. The van der Waals surface area contributed by atoms with Crippen molar-refractivity contribution in [3.05, 3.63) is 36.2 Å². The summed E-state index contributed by atoms with van der Waals surface area (Å²) in [6, 6.07) is 5.62. The van der Waals surface area contributed by atoms with Gasteiger partial charge in [-0.3, -0.25) is 9.69 Å². The monoisotopic (exact) mass is 246 g/mol. The molecule has 0 saturated heterocycles. The molecule has 0 aromatic carbocycles. The second-order valence-electron chi connectivity index (χ2n) is 4.34. The fraction of sp³-hybridized carbons (Fsp3) is 0.357.